The molecule has 1 heterocycles. The van der Waals surface area contributed by atoms with E-state index in [9.17, 15) is 4.79 Å². The van der Waals surface area contributed by atoms with Crippen LogP contribution in [0.4, 0.5) is 0 Å². The molecule has 1 aromatic heterocycles. The summed E-state index contributed by atoms with van der Waals surface area (Å²) in [7, 11) is 0. The second-order valence-electron chi connectivity index (χ2n) is 3.94. The van der Waals surface area contributed by atoms with Crippen molar-refractivity contribution >= 4 is 5.97 Å². The van der Waals surface area contributed by atoms with Gasteiger partial charge in [0.2, 0.25) is 0 Å². The molecule has 3 N–H and O–H groups in total. The average Bonchev–Trinajstić information content (AvgIpc) is 2.66. The zero-order valence-corrected chi connectivity index (χ0v) is 8.44. The summed E-state index contributed by atoms with van der Waals surface area (Å²) in [5.41, 5.74) is 9.04. The third-order valence-electron chi connectivity index (χ3n) is 2.87. The van der Waals surface area contributed by atoms with Gasteiger partial charge in [0, 0.05) is 18.8 Å². The van der Waals surface area contributed by atoms with Gasteiger partial charge in [0.15, 0.2) is 0 Å². The zero-order chi connectivity index (χ0) is 10.8. The van der Waals surface area contributed by atoms with Crippen LogP contribution in [0, 0.1) is 0 Å². The van der Waals surface area contributed by atoms with Gasteiger partial charge in [-0.3, -0.25) is 9.78 Å². The SMILES string of the molecule is NC(Cc1cncc2c1CCC2)C(=O)O. The maximum absolute atomic E-state index is 10.7. The first kappa shape index (κ1) is 10.1. The Bertz CT molecular complexity index is 390. The lowest BCUT2D eigenvalue weighted by atomic mass is 10.0. The molecule has 80 valence electrons. The summed E-state index contributed by atoms with van der Waals surface area (Å²) in [6.07, 6.45) is 7.21. The number of nitrogens with two attached hydrogens (primary N) is 1. The molecule has 4 heteroatoms. The number of hydrogen-bond acceptors (Lipinski definition) is 3. The lowest BCUT2D eigenvalue weighted by Gasteiger charge is -2.10. The van der Waals surface area contributed by atoms with Crippen LogP contribution in [0.2, 0.25) is 0 Å². The second kappa shape index (κ2) is 3.98. The average molecular weight is 206 g/mol. The molecule has 0 spiro atoms. The molecule has 0 bridgehead atoms. The van der Waals surface area contributed by atoms with E-state index >= 15 is 0 Å². The number of rotatable bonds is 3. The van der Waals surface area contributed by atoms with Gasteiger partial charge in [0.25, 0.3) is 0 Å². The quantitative estimate of drug-likeness (QED) is 0.756. The molecule has 1 aliphatic carbocycles. The van der Waals surface area contributed by atoms with Crippen molar-refractivity contribution < 1.29 is 9.90 Å². The van der Waals surface area contributed by atoms with Crippen molar-refractivity contribution in [2.75, 3.05) is 0 Å². The lowest BCUT2D eigenvalue weighted by Crippen LogP contribution is -2.32. The third-order valence-corrected chi connectivity index (χ3v) is 2.87. The highest BCUT2D eigenvalue weighted by Crippen LogP contribution is 2.24. The van der Waals surface area contributed by atoms with Crippen molar-refractivity contribution in [1.82, 2.24) is 4.98 Å². The van der Waals surface area contributed by atoms with Crippen molar-refractivity contribution in [3.05, 3.63) is 29.1 Å². The molecule has 1 atom stereocenters. The van der Waals surface area contributed by atoms with Crippen molar-refractivity contribution in [3.8, 4) is 0 Å². The number of nitrogens with zero attached hydrogens (tertiary/aromatic N) is 1. The molecule has 1 aliphatic rings. The van der Waals surface area contributed by atoms with Crippen LogP contribution in [0.25, 0.3) is 0 Å². The molecule has 15 heavy (non-hydrogen) atoms. The number of hydrogen-bond donors (Lipinski definition) is 2. The molecule has 1 unspecified atom stereocenters. The number of fused-ring (bicyclic) bond motifs is 1. The van der Waals surface area contributed by atoms with E-state index in [0.29, 0.717) is 6.42 Å². The molecule has 0 radical (unpaired) electrons. The third kappa shape index (κ3) is 1.99. The molecule has 0 amide bonds. The number of pyridine rings is 1. The number of carboxylic acid groups (broad SMARTS) is 1. The van der Waals surface area contributed by atoms with Gasteiger partial charge in [-0.2, -0.15) is 0 Å². The molecule has 0 saturated heterocycles. The summed E-state index contributed by atoms with van der Waals surface area (Å²) in [5, 5.41) is 8.75. The van der Waals surface area contributed by atoms with Gasteiger partial charge in [0.05, 0.1) is 0 Å². The van der Waals surface area contributed by atoms with Crippen LogP contribution in [0.1, 0.15) is 23.1 Å². The van der Waals surface area contributed by atoms with Crippen molar-refractivity contribution in [2.45, 2.75) is 31.7 Å². The van der Waals surface area contributed by atoms with E-state index in [1.165, 1.54) is 11.1 Å². The highest BCUT2D eigenvalue weighted by atomic mass is 16.4. The first-order chi connectivity index (χ1) is 7.18. The van der Waals surface area contributed by atoms with Gasteiger partial charge in [-0.25, -0.2) is 0 Å². The standard InChI is InChI=1S/C11H14N2O2/c12-10(11(14)15)4-8-6-13-5-7-2-1-3-9(7)8/h5-6,10H,1-4,12H2,(H,14,15). The van der Waals surface area contributed by atoms with Crippen LogP contribution in [0.15, 0.2) is 12.4 Å². The van der Waals surface area contributed by atoms with E-state index < -0.39 is 12.0 Å². The molecular weight excluding hydrogens is 192 g/mol. The first-order valence-corrected chi connectivity index (χ1v) is 5.11. The predicted octanol–water partition coefficient (Wildman–Crippen LogP) is 0.525. The zero-order valence-electron chi connectivity index (χ0n) is 8.44. The van der Waals surface area contributed by atoms with E-state index in [4.69, 9.17) is 10.8 Å². The van der Waals surface area contributed by atoms with E-state index in [0.717, 1.165) is 24.8 Å². The van der Waals surface area contributed by atoms with E-state index in [1.54, 1.807) is 6.20 Å². The number of carboxylic acids is 1. The van der Waals surface area contributed by atoms with E-state index in [1.807, 2.05) is 6.20 Å². The lowest BCUT2D eigenvalue weighted by molar-refractivity contribution is -0.138. The fourth-order valence-corrected chi connectivity index (χ4v) is 2.07. The Hall–Kier alpha value is -1.42. The Labute approximate surface area is 88.1 Å². The molecule has 0 aromatic carbocycles. The highest BCUT2D eigenvalue weighted by molar-refractivity contribution is 5.73. The van der Waals surface area contributed by atoms with Crippen LogP contribution in [-0.2, 0) is 24.1 Å². The number of aryl methyl sites for hydroxylation is 1. The Morgan fingerprint density at radius 2 is 2.33 bits per heavy atom. The summed E-state index contributed by atoms with van der Waals surface area (Å²) in [5.74, 6) is -0.953. The Morgan fingerprint density at radius 1 is 1.53 bits per heavy atom. The smallest absolute Gasteiger partial charge is 0.320 e. The van der Waals surface area contributed by atoms with Crippen LogP contribution < -0.4 is 5.73 Å². The summed E-state index contributed by atoms with van der Waals surface area (Å²) in [4.78, 5) is 14.8. The van der Waals surface area contributed by atoms with Crippen molar-refractivity contribution in [2.24, 2.45) is 5.73 Å². The van der Waals surface area contributed by atoms with Crippen LogP contribution in [0.3, 0.4) is 0 Å². The molecular formula is C11H14N2O2. The summed E-state index contributed by atoms with van der Waals surface area (Å²) < 4.78 is 0. The first-order valence-electron chi connectivity index (χ1n) is 5.11. The second-order valence-corrected chi connectivity index (χ2v) is 3.94. The summed E-state index contributed by atoms with van der Waals surface area (Å²) in [6, 6.07) is -0.820. The van der Waals surface area contributed by atoms with Gasteiger partial charge in [0.1, 0.15) is 6.04 Å². The van der Waals surface area contributed by atoms with Gasteiger partial charge < -0.3 is 10.8 Å². The predicted molar refractivity (Wildman–Crippen MR) is 55.6 cm³/mol. The van der Waals surface area contributed by atoms with Gasteiger partial charge >= 0.3 is 5.97 Å². The summed E-state index contributed by atoms with van der Waals surface area (Å²) >= 11 is 0. The monoisotopic (exact) mass is 206 g/mol. The molecule has 4 nitrogen and oxygen atoms in total. The van der Waals surface area contributed by atoms with Gasteiger partial charge in [-0.1, -0.05) is 0 Å². The van der Waals surface area contributed by atoms with Crippen LogP contribution in [0.5, 0.6) is 0 Å². The molecule has 0 fully saturated rings. The Balaban J connectivity index is 2.22. The van der Waals surface area contributed by atoms with Crippen molar-refractivity contribution in [1.29, 1.82) is 0 Å². The molecule has 0 saturated carbocycles. The fraction of sp³-hybridized carbons (Fsp3) is 0.455. The maximum Gasteiger partial charge on any atom is 0.320 e. The fourth-order valence-electron chi connectivity index (χ4n) is 2.07. The number of carbonyl (C=O) groups is 1. The number of aromatic nitrogens is 1. The van der Waals surface area contributed by atoms with Gasteiger partial charge in [-0.15, -0.1) is 0 Å². The van der Waals surface area contributed by atoms with E-state index in [-0.39, 0.29) is 0 Å². The van der Waals surface area contributed by atoms with E-state index in [2.05, 4.69) is 4.98 Å². The largest absolute Gasteiger partial charge is 0.480 e. The van der Waals surface area contributed by atoms with Crippen LogP contribution >= 0.6 is 0 Å². The topological polar surface area (TPSA) is 76.2 Å². The van der Waals surface area contributed by atoms with Gasteiger partial charge in [-0.05, 0) is 36.0 Å². The Morgan fingerprint density at radius 3 is 3.07 bits per heavy atom. The van der Waals surface area contributed by atoms with Crippen molar-refractivity contribution in [3.63, 3.8) is 0 Å². The minimum atomic E-state index is -0.953. The normalized spacial score (nSPS) is 16.1. The Kier molecular flexibility index (Phi) is 2.68. The molecule has 0 aliphatic heterocycles. The minimum Gasteiger partial charge on any atom is -0.480 e. The highest BCUT2D eigenvalue weighted by Gasteiger charge is 2.19. The summed E-state index contributed by atoms with van der Waals surface area (Å²) in [6.45, 7) is 0. The maximum atomic E-state index is 10.7. The number of aliphatic carboxylic acids is 1. The molecule has 1 aromatic rings. The van der Waals surface area contributed by atoms with Crippen LogP contribution in [-0.4, -0.2) is 22.1 Å². The minimum absolute atomic E-state index is 0.380. The molecule has 2 rings (SSSR count).